The van der Waals surface area contributed by atoms with Crippen LogP contribution < -0.4 is 11.1 Å². The predicted molar refractivity (Wildman–Crippen MR) is 83.7 cm³/mol. The maximum Gasteiger partial charge on any atom is 0.408 e. The molecule has 2 unspecified atom stereocenters. The van der Waals surface area contributed by atoms with Crippen molar-refractivity contribution in [2.24, 2.45) is 5.73 Å². The molecule has 3 nitrogen and oxygen atoms in total. The molecule has 0 aliphatic rings. The van der Waals surface area contributed by atoms with E-state index in [2.05, 4.69) is 0 Å². The van der Waals surface area contributed by atoms with Crippen molar-refractivity contribution < 1.29 is 18.0 Å². The number of benzene rings is 1. The first-order valence-electron chi connectivity index (χ1n) is 7.00. The molecule has 0 radical (unpaired) electrons. The third-order valence-electron chi connectivity index (χ3n) is 3.25. The minimum absolute atomic E-state index is 0.200. The van der Waals surface area contributed by atoms with Gasteiger partial charge in [-0.15, -0.1) is 0 Å². The number of carbonyl (C=O) groups excluding carboxylic acids is 1. The smallest absolute Gasteiger partial charge is 0.343 e. The van der Waals surface area contributed by atoms with Crippen LogP contribution in [0.15, 0.2) is 30.3 Å². The zero-order valence-corrected chi connectivity index (χ0v) is 13.2. The Bertz CT molecular complexity index is 454. The van der Waals surface area contributed by atoms with Crippen LogP contribution in [-0.4, -0.2) is 36.2 Å². The summed E-state index contributed by atoms with van der Waals surface area (Å²) in [5, 5.41) is 2.04. The number of carbonyl (C=O) groups is 1. The van der Waals surface area contributed by atoms with Crippen LogP contribution in [0.25, 0.3) is 0 Å². The molecule has 124 valence electrons. The molecule has 0 aliphatic heterocycles. The fraction of sp³-hybridized carbons (Fsp3) is 0.533. The van der Waals surface area contributed by atoms with Gasteiger partial charge in [-0.25, -0.2) is 0 Å². The van der Waals surface area contributed by atoms with Crippen molar-refractivity contribution in [2.75, 3.05) is 12.0 Å². The van der Waals surface area contributed by atoms with Gasteiger partial charge in [0.2, 0.25) is 5.91 Å². The normalized spacial score (nSPS) is 14.4. The number of nitrogens with two attached hydrogens (primary N) is 1. The van der Waals surface area contributed by atoms with Crippen molar-refractivity contribution in [2.45, 2.75) is 37.5 Å². The lowest BCUT2D eigenvalue weighted by Crippen LogP contribution is -2.51. The summed E-state index contributed by atoms with van der Waals surface area (Å²) in [6, 6.07) is 6.09. The van der Waals surface area contributed by atoms with E-state index in [1.807, 2.05) is 11.6 Å². The number of nitrogens with one attached hydrogen (secondary N) is 1. The molecule has 0 saturated heterocycles. The molecule has 0 aromatic heterocycles. The van der Waals surface area contributed by atoms with Crippen molar-refractivity contribution in [1.29, 1.82) is 0 Å². The second-order valence-corrected chi connectivity index (χ2v) is 6.00. The summed E-state index contributed by atoms with van der Waals surface area (Å²) in [5.41, 5.74) is 6.41. The molecule has 22 heavy (non-hydrogen) atoms. The number of aryl methyl sites for hydroxylation is 1. The van der Waals surface area contributed by atoms with E-state index >= 15 is 0 Å². The Morgan fingerprint density at radius 3 is 2.45 bits per heavy atom. The van der Waals surface area contributed by atoms with Crippen LogP contribution in [0.1, 0.15) is 18.4 Å². The van der Waals surface area contributed by atoms with Crippen molar-refractivity contribution in [3.63, 3.8) is 0 Å². The average Bonchev–Trinajstić information content (AvgIpc) is 2.48. The summed E-state index contributed by atoms with van der Waals surface area (Å²) in [5.74, 6) is -0.112. The van der Waals surface area contributed by atoms with Gasteiger partial charge in [-0.1, -0.05) is 30.3 Å². The summed E-state index contributed by atoms with van der Waals surface area (Å²) in [6.07, 6.45) is -2.23. The standard InChI is InChI=1S/C15H21F3N2OS/c1-22-10-9-12(19)14(21)20-13(15(16,17)18)8-7-11-5-3-2-4-6-11/h2-6,12-13H,7-10,19H2,1H3,(H,20,21). The molecule has 0 spiro atoms. The van der Waals surface area contributed by atoms with Crippen LogP contribution in [0.2, 0.25) is 0 Å². The first-order valence-corrected chi connectivity index (χ1v) is 8.39. The van der Waals surface area contributed by atoms with Crippen LogP contribution >= 0.6 is 11.8 Å². The van der Waals surface area contributed by atoms with E-state index in [0.29, 0.717) is 12.2 Å². The van der Waals surface area contributed by atoms with E-state index in [9.17, 15) is 18.0 Å². The van der Waals surface area contributed by atoms with E-state index in [-0.39, 0.29) is 12.8 Å². The minimum Gasteiger partial charge on any atom is -0.343 e. The van der Waals surface area contributed by atoms with E-state index in [1.165, 1.54) is 11.8 Å². The van der Waals surface area contributed by atoms with Crippen molar-refractivity contribution in [3.05, 3.63) is 35.9 Å². The molecule has 0 bridgehead atoms. The van der Waals surface area contributed by atoms with Gasteiger partial charge in [0.05, 0.1) is 6.04 Å². The molecule has 1 aromatic rings. The Labute approximate surface area is 132 Å². The Morgan fingerprint density at radius 2 is 1.91 bits per heavy atom. The maximum absolute atomic E-state index is 13.0. The zero-order chi connectivity index (χ0) is 16.6. The Kier molecular flexibility index (Phi) is 7.75. The predicted octanol–water partition coefficient (Wildman–Crippen LogP) is 2.75. The first-order chi connectivity index (χ1) is 10.3. The minimum atomic E-state index is -4.48. The molecule has 0 aliphatic carbocycles. The number of rotatable bonds is 8. The van der Waals surface area contributed by atoms with Crippen LogP contribution in [-0.2, 0) is 11.2 Å². The molecular weight excluding hydrogens is 313 g/mol. The van der Waals surface area contributed by atoms with Crippen LogP contribution in [0.4, 0.5) is 13.2 Å². The van der Waals surface area contributed by atoms with Crippen molar-refractivity contribution in [3.8, 4) is 0 Å². The van der Waals surface area contributed by atoms with Gasteiger partial charge in [-0.2, -0.15) is 24.9 Å². The van der Waals surface area contributed by atoms with E-state index in [1.54, 1.807) is 30.3 Å². The van der Waals surface area contributed by atoms with E-state index < -0.39 is 24.2 Å². The van der Waals surface area contributed by atoms with Crippen LogP contribution in [0, 0.1) is 0 Å². The first kappa shape index (κ1) is 18.8. The fourth-order valence-corrected chi connectivity index (χ4v) is 2.42. The topological polar surface area (TPSA) is 55.1 Å². The third kappa shape index (κ3) is 6.70. The van der Waals surface area contributed by atoms with Gasteiger partial charge in [-0.3, -0.25) is 4.79 Å². The van der Waals surface area contributed by atoms with Gasteiger partial charge in [0, 0.05) is 0 Å². The number of alkyl halides is 3. The highest BCUT2D eigenvalue weighted by molar-refractivity contribution is 7.98. The SMILES string of the molecule is CSCCC(N)C(=O)NC(CCc1ccccc1)C(F)(F)F. The molecule has 3 N–H and O–H groups in total. The molecule has 1 amide bonds. The summed E-state index contributed by atoms with van der Waals surface area (Å²) in [7, 11) is 0. The van der Waals surface area contributed by atoms with Gasteiger partial charge < -0.3 is 11.1 Å². The molecule has 0 saturated carbocycles. The fourth-order valence-electron chi connectivity index (χ4n) is 1.93. The highest BCUT2D eigenvalue weighted by Crippen LogP contribution is 2.24. The lowest BCUT2D eigenvalue weighted by atomic mass is 10.0. The monoisotopic (exact) mass is 334 g/mol. The lowest BCUT2D eigenvalue weighted by Gasteiger charge is -2.23. The van der Waals surface area contributed by atoms with Crippen LogP contribution in [0.3, 0.4) is 0 Å². The van der Waals surface area contributed by atoms with Gasteiger partial charge >= 0.3 is 6.18 Å². The summed E-state index contributed by atoms with van der Waals surface area (Å²) < 4.78 is 39.1. The molecule has 0 heterocycles. The van der Waals surface area contributed by atoms with E-state index in [0.717, 1.165) is 5.56 Å². The Hall–Kier alpha value is -1.21. The Balaban J connectivity index is 2.59. The quantitative estimate of drug-likeness (QED) is 0.769. The lowest BCUT2D eigenvalue weighted by molar-refractivity contribution is -0.163. The number of thioether (sulfide) groups is 1. The zero-order valence-electron chi connectivity index (χ0n) is 12.4. The summed E-state index contributed by atoms with van der Waals surface area (Å²) in [4.78, 5) is 11.8. The van der Waals surface area contributed by atoms with Gasteiger partial charge in [-0.05, 0) is 36.8 Å². The van der Waals surface area contributed by atoms with Crippen molar-refractivity contribution >= 4 is 17.7 Å². The highest BCUT2D eigenvalue weighted by atomic mass is 32.2. The average molecular weight is 334 g/mol. The number of hydrogen-bond acceptors (Lipinski definition) is 3. The molecule has 1 aromatic carbocycles. The molecule has 7 heteroatoms. The number of hydrogen-bond donors (Lipinski definition) is 2. The molecular formula is C15H21F3N2OS. The number of amides is 1. The summed E-state index contributed by atoms with van der Waals surface area (Å²) in [6.45, 7) is 0. The second kappa shape index (κ2) is 9.05. The molecule has 1 rings (SSSR count). The third-order valence-corrected chi connectivity index (χ3v) is 3.89. The summed E-state index contributed by atoms with van der Waals surface area (Å²) >= 11 is 1.50. The van der Waals surface area contributed by atoms with Gasteiger partial charge in [0.15, 0.2) is 0 Å². The largest absolute Gasteiger partial charge is 0.408 e. The Morgan fingerprint density at radius 1 is 1.27 bits per heavy atom. The number of halogens is 3. The van der Waals surface area contributed by atoms with Crippen LogP contribution in [0.5, 0.6) is 0 Å². The molecule has 2 atom stereocenters. The van der Waals surface area contributed by atoms with E-state index in [4.69, 9.17) is 5.73 Å². The van der Waals surface area contributed by atoms with Gasteiger partial charge in [0.1, 0.15) is 6.04 Å². The highest BCUT2D eigenvalue weighted by Gasteiger charge is 2.40. The maximum atomic E-state index is 13.0. The van der Waals surface area contributed by atoms with Crippen molar-refractivity contribution in [1.82, 2.24) is 5.32 Å². The molecule has 0 fully saturated rings. The second-order valence-electron chi connectivity index (χ2n) is 5.02. The van der Waals surface area contributed by atoms with Gasteiger partial charge in [0.25, 0.3) is 0 Å².